The summed E-state index contributed by atoms with van der Waals surface area (Å²) >= 11 is 5.75. The minimum absolute atomic E-state index is 0.0429. The van der Waals surface area contributed by atoms with Gasteiger partial charge in [0.05, 0.1) is 11.8 Å². The zero-order valence-corrected chi connectivity index (χ0v) is 12.3. The summed E-state index contributed by atoms with van der Waals surface area (Å²) in [5.74, 6) is 0.262. The van der Waals surface area contributed by atoms with Crippen molar-refractivity contribution in [2.45, 2.75) is 19.4 Å². The summed E-state index contributed by atoms with van der Waals surface area (Å²) in [5, 5.41) is 2.92. The highest BCUT2D eigenvalue weighted by Crippen LogP contribution is 2.18. The molecule has 19 heavy (non-hydrogen) atoms. The van der Waals surface area contributed by atoms with Gasteiger partial charge in [-0.15, -0.1) is 0 Å². The number of carbonyl (C=O) groups excluding carboxylic acids is 1. The first-order chi connectivity index (χ1) is 8.64. The molecule has 0 amide bonds. The van der Waals surface area contributed by atoms with E-state index in [1.165, 1.54) is 6.33 Å². The fourth-order valence-corrected chi connectivity index (χ4v) is 2.72. The van der Waals surface area contributed by atoms with E-state index in [1.54, 1.807) is 13.8 Å². The van der Waals surface area contributed by atoms with E-state index in [9.17, 15) is 13.2 Å². The van der Waals surface area contributed by atoms with Gasteiger partial charge in [-0.1, -0.05) is 11.6 Å². The molecule has 7 nitrogen and oxygen atoms in total. The van der Waals surface area contributed by atoms with Crippen molar-refractivity contribution >= 4 is 33.7 Å². The van der Waals surface area contributed by atoms with Gasteiger partial charge in [0.2, 0.25) is 10.0 Å². The van der Waals surface area contributed by atoms with Crippen molar-refractivity contribution in [3.05, 3.63) is 17.0 Å². The van der Waals surface area contributed by atoms with Crippen LogP contribution < -0.4 is 10.0 Å². The Morgan fingerprint density at radius 3 is 2.58 bits per heavy atom. The number of aldehydes is 1. The first-order valence-electron chi connectivity index (χ1n) is 5.33. The number of nitrogens with zero attached hydrogens (tertiary/aromatic N) is 2. The van der Waals surface area contributed by atoms with Crippen molar-refractivity contribution in [2.24, 2.45) is 0 Å². The van der Waals surface area contributed by atoms with Crippen LogP contribution in [-0.4, -0.2) is 43.0 Å². The van der Waals surface area contributed by atoms with Crippen LogP contribution in [-0.2, 0) is 10.0 Å². The molecule has 0 atom stereocenters. The van der Waals surface area contributed by atoms with E-state index >= 15 is 0 Å². The molecule has 1 rings (SSSR count). The fraction of sp³-hybridized carbons (Fsp3) is 0.500. The Kier molecular flexibility index (Phi) is 4.83. The monoisotopic (exact) mass is 306 g/mol. The van der Waals surface area contributed by atoms with Gasteiger partial charge in [-0.25, -0.2) is 23.1 Å². The van der Waals surface area contributed by atoms with Crippen LogP contribution in [0.5, 0.6) is 0 Å². The standard InChI is InChI=1S/C10H15ClN4O3S/c1-10(2,15-19(3,17)18)5-12-9-7(4-16)8(11)13-6-14-9/h4,6,15H,5H2,1-3H3,(H,12,13,14). The van der Waals surface area contributed by atoms with Crippen LogP contribution in [0.4, 0.5) is 5.82 Å². The lowest BCUT2D eigenvalue weighted by atomic mass is 10.1. The smallest absolute Gasteiger partial charge is 0.209 e. The third-order valence-electron chi connectivity index (χ3n) is 2.11. The summed E-state index contributed by atoms with van der Waals surface area (Å²) in [5.41, 5.74) is -0.607. The molecule has 0 spiro atoms. The summed E-state index contributed by atoms with van der Waals surface area (Å²) in [7, 11) is -3.33. The first kappa shape index (κ1) is 15.8. The molecular weight excluding hydrogens is 292 g/mol. The lowest BCUT2D eigenvalue weighted by Gasteiger charge is -2.25. The normalized spacial score (nSPS) is 12.2. The Morgan fingerprint density at radius 2 is 2.05 bits per heavy atom. The minimum atomic E-state index is -3.33. The zero-order valence-electron chi connectivity index (χ0n) is 10.8. The second-order valence-electron chi connectivity index (χ2n) is 4.66. The van der Waals surface area contributed by atoms with E-state index in [0.29, 0.717) is 6.29 Å². The van der Waals surface area contributed by atoms with Crippen LogP contribution in [0.25, 0.3) is 0 Å². The lowest BCUT2D eigenvalue weighted by molar-refractivity contribution is 0.112. The van der Waals surface area contributed by atoms with E-state index in [-0.39, 0.29) is 23.1 Å². The molecule has 9 heteroatoms. The van der Waals surface area contributed by atoms with E-state index in [0.717, 1.165) is 6.26 Å². The molecule has 0 unspecified atom stereocenters. The summed E-state index contributed by atoms with van der Waals surface area (Å²) < 4.78 is 24.9. The van der Waals surface area contributed by atoms with E-state index in [4.69, 9.17) is 11.6 Å². The van der Waals surface area contributed by atoms with Crippen molar-refractivity contribution in [3.63, 3.8) is 0 Å². The van der Waals surface area contributed by atoms with Crippen LogP contribution in [0.2, 0.25) is 5.15 Å². The minimum Gasteiger partial charge on any atom is -0.367 e. The second kappa shape index (κ2) is 5.81. The van der Waals surface area contributed by atoms with Gasteiger partial charge in [0.1, 0.15) is 17.3 Å². The maximum absolute atomic E-state index is 11.2. The van der Waals surface area contributed by atoms with Gasteiger partial charge in [0.15, 0.2) is 6.29 Å². The molecule has 0 fully saturated rings. The molecule has 106 valence electrons. The molecule has 0 aromatic carbocycles. The number of anilines is 1. The number of nitrogens with one attached hydrogen (secondary N) is 2. The molecular formula is C10H15ClN4O3S. The summed E-state index contributed by atoms with van der Waals surface area (Å²) in [6, 6.07) is 0. The molecule has 0 aliphatic carbocycles. The molecule has 0 saturated carbocycles. The molecule has 0 saturated heterocycles. The fourth-order valence-electron chi connectivity index (χ4n) is 1.46. The summed E-state index contributed by atoms with van der Waals surface area (Å²) in [6.45, 7) is 3.63. The zero-order chi connectivity index (χ0) is 14.7. The summed E-state index contributed by atoms with van der Waals surface area (Å²) in [6.07, 6.45) is 2.84. The highest BCUT2D eigenvalue weighted by Gasteiger charge is 2.22. The molecule has 1 heterocycles. The highest BCUT2D eigenvalue weighted by atomic mass is 35.5. The Bertz CT molecular complexity index is 574. The number of rotatable bonds is 6. The van der Waals surface area contributed by atoms with E-state index in [1.807, 2.05) is 0 Å². The molecule has 2 N–H and O–H groups in total. The van der Waals surface area contributed by atoms with E-state index < -0.39 is 15.6 Å². The molecule has 1 aromatic rings. The second-order valence-corrected chi connectivity index (χ2v) is 6.76. The first-order valence-corrected chi connectivity index (χ1v) is 7.60. The van der Waals surface area contributed by atoms with Gasteiger partial charge in [-0.3, -0.25) is 4.79 Å². The largest absolute Gasteiger partial charge is 0.367 e. The molecule has 1 aromatic heterocycles. The molecule has 0 aliphatic heterocycles. The van der Waals surface area contributed by atoms with Crippen molar-refractivity contribution < 1.29 is 13.2 Å². The molecule has 0 radical (unpaired) electrons. The predicted molar refractivity (Wildman–Crippen MR) is 73.0 cm³/mol. The Balaban J connectivity index is 2.82. The highest BCUT2D eigenvalue weighted by molar-refractivity contribution is 7.88. The number of halogens is 1. The lowest BCUT2D eigenvalue weighted by Crippen LogP contribution is -2.47. The number of aromatic nitrogens is 2. The Morgan fingerprint density at radius 1 is 1.42 bits per heavy atom. The van der Waals surface area contributed by atoms with Crippen LogP contribution in [0, 0.1) is 0 Å². The quantitative estimate of drug-likeness (QED) is 0.592. The van der Waals surface area contributed by atoms with Gasteiger partial charge in [0.25, 0.3) is 0 Å². The third-order valence-corrected chi connectivity index (χ3v) is 3.34. The number of hydrogen-bond acceptors (Lipinski definition) is 6. The Hall–Kier alpha value is -1.25. The van der Waals surface area contributed by atoms with Gasteiger partial charge in [0, 0.05) is 12.1 Å². The van der Waals surface area contributed by atoms with Crippen molar-refractivity contribution in [1.29, 1.82) is 0 Å². The van der Waals surface area contributed by atoms with Crippen LogP contribution in [0.1, 0.15) is 24.2 Å². The number of carbonyl (C=O) groups is 1. The van der Waals surface area contributed by atoms with Crippen LogP contribution in [0.3, 0.4) is 0 Å². The predicted octanol–water partition coefficient (Wildman–Crippen LogP) is 0.682. The van der Waals surface area contributed by atoms with Crippen LogP contribution >= 0.6 is 11.6 Å². The summed E-state index contributed by atoms with van der Waals surface area (Å²) in [4.78, 5) is 18.5. The van der Waals surface area contributed by atoms with Gasteiger partial charge >= 0.3 is 0 Å². The Labute approximate surface area is 116 Å². The van der Waals surface area contributed by atoms with Gasteiger partial charge in [-0.05, 0) is 13.8 Å². The number of hydrogen-bond donors (Lipinski definition) is 2. The van der Waals surface area contributed by atoms with Crippen LogP contribution in [0.15, 0.2) is 6.33 Å². The SMILES string of the molecule is CC(C)(CNc1ncnc(Cl)c1C=O)NS(C)(=O)=O. The number of sulfonamides is 1. The maximum atomic E-state index is 11.2. The topological polar surface area (TPSA) is 101 Å². The molecule has 0 aliphatic rings. The van der Waals surface area contributed by atoms with Crippen molar-refractivity contribution in [3.8, 4) is 0 Å². The molecule has 0 bridgehead atoms. The van der Waals surface area contributed by atoms with E-state index in [2.05, 4.69) is 20.0 Å². The van der Waals surface area contributed by atoms with Gasteiger partial charge < -0.3 is 5.32 Å². The van der Waals surface area contributed by atoms with Gasteiger partial charge in [-0.2, -0.15) is 0 Å². The third kappa shape index (κ3) is 5.09. The average Bonchev–Trinajstić information content (AvgIpc) is 2.23. The van der Waals surface area contributed by atoms with Crippen molar-refractivity contribution in [1.82, 2.24) is 14.7 Å². The maximum Gasteiger partial charge on any atom is 0.209 e. The van der Waals surface area contributed by atoms with Crippen molar-refractivity contribution in [2.75, 3.05) is 18.1 Å². The average molecular weight is 307 g/mol.